The Morgan fingerprint density at radius 2 is 1.52 bits per heavy atom. The molecule has 2 fully saturated rings. The highest BCUT2D eigenvalue weighted by atomic mass is 32.1. The molecule has 1 atom stereocenters. The van der Waals surface area contributed by atoms with Crippen LogP contribution >= 0.6 is 22.7 Å². The third-order valence-corrected chi connectivity index (χ3v) is 8.63. The van der Waals surface area contributed by atoms with Crippen molar-refractivity contribution in [3.8, 4) is 0 Å². The number of carbonyl (C=O) groups excluding carboxylic acids is 2. The number of amides is 2. The highest BCUT2D eigenvalue weighted by Crippen LogP contribution is 2.36. The quantitative estimate of drug-likeness (QED) is 0.631. The van der Waals surface area contributed by atoms with E-state index < -0.39 is 0 Å². The van der Waals surface area contributed by atoms with E-state index in [0.29, 0.717) is 13.1 Å². The number of hydrogen-bond donors (Lipinski definition) is 0. The predicted octanol–water partition coefficient (Wildman–Crippen LogP) is 3.12. The summed E-state index contributed by atoms with van der Waals surface area (Å²) < 4.78 is 0. The summed E-state index contributed by atoms with van der Waals surface area (Å²) in [5.74, 6) is 0.309. The van der Waals surface area contributed by atoms with Crippen LogP contribution in [0.4, 0.5) is 0 Å². The molecule has 0 radical (unpaired) electrons. The highest BCUT2D eigenvalue weighted by molar-refractivity contribution is 7.12. The summed E-state index contributed by atoms with van der Waals surface area (Å²) in [5.41, 5.74) is 0.998. The Labute approximate surface area is 203 Å². The van der Waals surface area contributed by atoms with Crippen molar-refractivity contribution in [1.29, 1.82) is 0 Å². The maximum absolute atomic E-state index is 13.3. The molecule has 2 aromatic heterocycles. The molecular formula is C24H31N5O2S2. The van der Waals surface area contributed by atoms with Crippen LogP contribution in [0.5, 0.6) is 0 Å². The molecule has 0 spiro atoms. The van der Waals surface area contributed by atoms with Gasteiger partial charge in [-0.3, -0.25) is 19.4 Å². The summed E-state index contributed by atoms with van der Waals surface area (Å²) in [6, 6.07) is 8.23. The van der Waals surface area contributed by atoms with Gasteiger partial charge in [-0.25, -0.2) is 5.01 Å². The molecule has 2 saturated heterocycles. The molecule has 0 aromatic carbocycles. The first-order valence-electron chi connectivity index (χ1n) is 11.9. The van der Waals surface area contributed by atoms with Crippen LogP contribution in [0, 0.1) is 0 Å². The molecule has 5 heterocycles. The lowest BCUT2D eigenvalue weighted by molar-refractivity contribution is -0.136. The molecule has 2 aromatic rings. The van der Waals surface area contributed by atoms with E-state index in [-0.39, 0.29) is 17.9 Å². The van der Waals surface area contributed by atoms with Crippen LogP contribution in [0.25, 0.3) is 0 Å². The van der Waals surface area contributed by atoms with Gasteiger partial charge in [0.05, 0.1) is 29.7 Å². The number of piperazine rings is 1. The van der Waals surface area contributed by atoms with Crippen molar-refractivity contribution in [2.75, 3.05) is 52.4 Å². The van der Waals surface area contributed by atoms with Gasteiger partial charge in [-0.2, -0.15) is 5.10 Å². The van der Waals surface area contributed by atoms with E-state index in [1.807, 2.05) is 17.0 Å². The minimum absolute atomic E-state index is 0.0157. The fourth-order valence-corrected chi connectivity index (χ4v) is 6.37. The van der Waals surface area contributed by atoms with Gasteiger partial charge in [0.2, 0.25) is 5.91 Å². The van der Waals surface area contributed by atoms with Crippen molar-refractivity contribution in [2.24, 2.45) is 5.10 Å². The molecule has 5 rings (SSSR count). The summed E-state index contributed by atoms with van der Waals surface area (Å²) in [6.07, 6.45) is 4.25. The number of rotatable bonds is 6. The van der Waals surface area contributed by atoms with E-state index in [9.17, 15) is 9.59 Å². The Hall–Kier alpha value is -2.07. The number of nitrogens with zero attached hydrogens (tertiary/aromatic N) is 5. The van der Waals surface area contributed by atoms with Crippen molar-refractivity contribution in [3.05, 3.63) is 44.8 Å². The zero-order valence-corrected chi connectivity index (χ0v) is 20.5. The van der Waals surface area contributed by atoms with Gasteiger partial charge in [0, 0.05) is 50.6 Å². The van der Waals surface area contributed by atoms with Crippen molar-refractivity contribution >= 4 is 40.2 Å². The first-order valence-corrected chi connectivity index (χ1v) is 13.6. The number of hydrazone groups is 1. The summed E-state index contributed by atoms with van der Waals surface area (Å²) in [7, 11) is 0. The van der Waals surface area contributed by atoms with Crippen LogP contribution in [-0.2, 0) is 9.59 Å². The number of carbonyl (C=O) groups is 2. The van der Waals surface area contributed by atoms with Gasteiger partial charge in [-0.1, -0.05) is 12.1 Å². The van der Waals surface area contributed by atoms with Crippen molar-refractivity contribution < 1.29 is 9.59 Å². The molecule has 3 aliphatic heterocycles. The van der Waals surface area contributed by atoms with Crippen LogP contribution in [0.15, 0.2) is 40.1 Å². The zero-order valence-electron chi connectivity index (χ0n) is 18.9. The lowest BCUT2D eigenvalue weighted by Crippen LogP contribution is -2.52. The van der Waals surface area contributed by atoms with Gasteiger partial charge in [0.25, 0.3) is 5.91 Å². The minimum atomic E-state index is -0.0157. The first kappa shape index (κ1) is 22.7. The lowest BCUT2D eigenvalue weighted by Gasteiger charge is -2.36. The summed E-state index contributed by atoms with van der Waals surface area (Å²) >= 11 is 3.36. The van der Waals surface area contributed by atoms with Crippen LogP contribution in [0.3, 0.4) is 0 Å². The Kier molecular flexibility index (Phi) is 7.20. The molecule has 0 saturated carbocycles. The van der Waals surface area contributed by atoms with Gasteiger partial charge in [-0.15, -0.1) is 22.7 Å². The Morgan fingerprint density at radius 1 is 0.848 bits per heavy atom. The minimum Gasteiger partial charge on any atom is -0.342 e. The van der Waals surface area contributed by atoms with E-state index in [1.54, 1.807) is 27.7 Å². The topological polar surface area (TPSA) is 59.5 Å². The van der Waals surface area contributed by atoms with E-state index >= 15 is 0 Å². The second kappa shape index (κ2) is 10.5. The molecular weight excluding hydrogens is 454 g/mol. The molecule has 3 aliphatic rings. The SMILES string of the molecule is O=C(CN1CCN(CC(=O)N2N=C(c3cccs3)CC2c2cccs2)CC1)N1CCCCC1. The maximum Gasteiger partial charge on any atom is 0.257 e. The smallest absolute Gasteiger partial charge is 0.257 e. The van der Waals surface area contributed by atoms with Gasteiger partial charge in [0.1, 0.15) is 0 Å². The van der Waals surface area contributed by atoms with Crippen molar-refractivity contribution in [2.45, 2.75) is 31.7 Å². The van der Waals surface area contributed by atoms with E-state index in [0.717, 1.165) is 69.1 Å². The molecule has 7 nitrogen and oxygen atoms in total. The molecule has 1 unspecified atom stereocenters. The molecule has 0 aliphatic carbocycles. The fourth-order valence-electron chi connectivity index (χ4n) is 4.84. The van der Waals surface area contributed by atoms with Gasteiger partial charge in [-0.05, 0) is 42.2 Å². The fraction of sp³-hybridized carbons (Fsp3) is 0.542. The zero-order chi connectivity index (χ0) is 22.6. The average molecular weight is 486 g/mol. The van der Waals surface area contributed by atoms with Crippen molar-refractivity contribution in [3.63, 3.8) is 0 Å². The van der Waals surface area contributed by atoms with E-state index in [1.165, 1.54) is 11.3 Å². The van der Waals surface area contributed by atoms with Crippen molar-refractivity contribution in [1.82, 2.24) is 19.7 Å². The lowest BCUT2D eigenvalue weighted by atomic mass is 10.1. The number of piperidine rings is 1. The number of hydrogen-bond acceptors (Lipinski definition) is 7. The Bertz CT molecular complexity index is 961. The predicted molar refractivity (Wildman–Crippen MR) is 133 cm³/mol. The molecule has 33 heavy (non-hydrogen) atoms. The largest absolute Gasteiger partial charge is 0.342 e. The van der Waals surface area contributed by atoms with Gasteiger partial charge >= 0.3 is 0 Å². The molecule has 0 bridgehead atoms. The van der Waals surface area contributed by atoms with Gasteiger partial charge in [0.15, 0.2) is 0 Å². The van der Waals surface area contributed by atoms with Crippen LogP contribution in [-0.4, -0.2) is 89.6 Å². The maximum atomic E-state index is 13.3. The van der Waals surface area contributed by atoms with E-state index in [4.69, 9.17) is 5.10 Å². The second-order valence-corrected chi connectivity index (χ2v) is 10.9. The average Bonchev–Trinajstić information content (AvgIpc) is 3.62. The highest BCUT2D eigenvalue weighted by Gasteiger charge is 2.35. The van der Waals surface area contributed by atoms with E-state index in [2.05, 4.69) is 32.7 Å². The summed E-state index contributed by atoms with van der Waals surface area (Å²) in [5, 5.41) is 10.6. The second-order valence-electron chi connectivity index (χ2n) is 8.99. The monoisotopic (exact) mass is 485 g/mol. The van der Waals surface area contributed by atoms with Crippen LogP contribution < -0.4 is 0 Å². The summed E-state index contributed by atoms with van der Waals surface area (Å²) in [4.78, 5) is 34.7. The van der Waals surface area contributed by atoms with Crippen LogP contribution in [0.2, 0.25) is 0 Å². The molecule has 2 amide bonds. The Balaban J connectivity index is 1.16. The molecule has 9 heteroatoms. The first-order chi connectivity index (χ1) is 16.2. The normalized spacial score (nSPS) is 22.5. The Morgan fingerprint density at radius 3 is 2.15 bits per heavy atom. The third kappa shape index (κ3) is 5.37. The summed E-state index contributed by atoms with van der Waals surface area (Å²) in [6.45, 7) is 5.94. The van der Waals surface area contributed by atoms with Gasteiger partial charge < -0.3 is 4.90 Å². The number of likely N-dealkylation sites (tertiary alicyclic amines) is 1. The third-order valence-electron chi connectivity index (χ3n) is 6.73. The molecule has 0 N–H and O–H groups in total. The standard InChI is InChI=1S/C24H31N5O2S2/c30-23(28-8-2-1-3-9-28)17-26-10-12-27(13-11-26)18-24(31)29-20(22-7-5-15-33-22)16-19(25-29)21-6-4-14-32-21/h4-7,14-15,20H,1-3,8-13,16-18H2. The van der Waals surface area contributed by atoms with Crippen LogP contribution in [0.1, 0.15) is 41.5 Å². The number of thiophene rings is 2. The molecule has 176 valence electrons.